The topological polar surface area (TPSA) is 57.6 Å². The maximum Gasteiger partial charge on any atom is 0.308 e. The van der Waals surface area contributed by atoms with Crippen molar-refractivity contribution in [1.82, 2.24) is 4.90 Å². The second-order valence-corrected chi connectivity index (χ2v) is 5.09. The van der Waals surface area contributed by atoms with Crippen LogP contribution in [-0.2, 0) is 16.1 Å². The van der Waals surface area contributed by atoms with E-state index in [1.54, 1.807) is 18.2 Å². The Balaban J connectivity index is 2.12. The summed E-state index contributed by atoms with van der Waals surface area (Å²) in [5.41, 5.74) is 0.726. The van der Waals surface area contributed by atoms with Gasteiger partial charge in [0.05, 0.1) is 5.92 Å². The number of aliphatic carboxylic acids is 1. The average molecular weight is 288 g/mol. The number of amides is 1. The Bertz CT molecular complexity index is 504. The third kappa shape index (κ3) is 2.76. The van der Waals surface area contributed by atoms with Crippen LogP contribution >= 0.6 is 23.2 Å². The van der Waals surface area contributed by atoms with Crippen LogP contribution in [0.2, 0.25) is 10.0 Å². The molecule has 1 saturated heterocycles. The minimum atomic E-state index is -0.942. The Morgan fingerprint density at radius 3 is 2.78 bits per heavy atom. The maximum absolute atomic E-state index is 11.7. The van der Waals surface area contributed by atoms with Crippen molar-refractivity contribution in [3.8, 4) is 0 Å². The van der Waals surface area contributed by atoms with E-state index in [0.717, 1.165) is 5.56 Å². The highest BCUT2D eigenvalue weighted by molar-refractivity contribution is 6.33. The molecule has 1 amide bonds. The molecule has 1 aromatic carbocycles. The van der Waals surface area contributed by atoms with Crippen molar-refractivity contribution in [1.29, 1.82) is 0 Å². The van der Waals surface area contributed by atoms with Gasteiger partial charge in [0.1, 0.15) is 0 Å². The van der Waals surface area contributed by atoms with E-state index < -0.39 is 11.9 Å². The van der Waals surface area contributed by atoms with Crippen LogP contribution in [0, 0.1) is 5.92 Å². The van der Waals surface area contributed by atoms with Gasteiger partial charge in [0.25, 0.3) is 0 Å². The first kappa shape index (κ1) is 13.2. The lowest BCUT2D eigenvalue weighted by molar-refractivity contribution is -0.141. The largest absolute Gasteiger partial charge is 0.481 e. The van der Waals surface area contributed by atoms with Crippen LogP contribution in [0.4, 0.5) is 0 Å². The van der Waals surface area contributed by atoms with E-state index in [9.17, 15) is 9.59 Å². The molecule has 1 atom stereocenters. The molecule has 18 heavy (non-hydrogen) atoms. The SMILES string of the molecule is O=C(O)C1CC(=O)N(Cc2cc(Cl)ccc2Cl)C1. The van der Waals surface area contributed by atoms with E-state index in [0.29, 0.717) is 16.6 Å². The first-order valence-corrected chi connectivity index (χ1v) is 6.17. The molecule has 0 saturated carbocycles. The van der Waals surface area contributed by atoms with Gasteiger partial charge < -0.3 is 10.0 Å². The summed E-state index contributed by atoms with van der Waals surface area (Å²) in [4.78, 5) is 24.0. The highest BCUT2D eigenvalue weighted by atomic mass is 35.5. The molecule has 2 rings (SSSR count). The Morgan fingerprint density at radius 2 is 2.17 bits per heavy atom. The quantitative estimate of drug-likeness (QED) is 0.929. The van der Waals surface area contributed by atoms with E-state index in [2.05, 4.69) is 0 Å². The van der Waals surface area contributed by atoms with Crippen molar-refractivity contribution in [2.75, 3.05) is 6.54 Å². The summed E-state index contributed by atoms with van der Waals surface area (Å²) in [6.07, 6.45) is 0.0491. The minimum Gasteiger partial charge on any atom is -0.481 e. The van der Waals surface area contributed by atoms with Gasteiger partial charge in [-0.1, -0.05) is 23.2 Å². The second kappa shape index (κ2) is 5.16. The van der Waals surface area contributed by atoms with Crippen LogP contribution in [0.25, 0.3) is 0 Å². The zero-order chi connectivity index (χ0) is 13.3. The molecule has 1 aliphatic heterocycles. The molecule has 1 aliphatic rings. The number of rotatable bonds is 3. The minimum absolute atomic E-state index is 0.0491. The van der Waals surface area contributed by atoms with E-state index in [-0.39, 0.29) is 18.9 Å². The zero-order valence-electron chi connectivity index (χ0n) is 9.40. The van der Waals surface area contributed by atoms with E-state index in [4.69, 9.17) is 28.3 Å². The highest BCUT2D eigenvalue weighted by Crippen LogP contribution is 2.25. The lowest BCUT2D eigenvalue weighted by Gasteiger charge is -2.17. The Hall–Kier alpha value is -1.26. The molecule has 96 valence electrons. The smallest absolute Gasteiger partial charge is 0.308 e. The number of hydrogen-bond acceptors (Lipinski definition) is 2. The molecule has 1 unspecified atom stereocenters. The molecular weight excluding hydrogens is 277 g/mol. The van der Waals surface area contributed by atoms with Gasteiger partial charge in [0, 0.05) is 29.6 Å². The second-order valence-electron chi connectivity index (χ2n) is 4.25. The van der Waals surface area contributed by atoms with Gasteiger partial charge in [-0.25, -0.2) is 0 Å². The molecule has 1 fully saturated rings. The number of hydrogen-bond donors (Lipinski definition) is 1. The Kier molecular flexibility index (Phi) is 3.78. The summed E-state index contributed by atoms with van der Waals surface area (Å²) in [5, 5.41) is 9.94. The number of carboxylic acids is 1. The van der Waals surface area contributed by atoms with Gasteiger partial charge in [-0.05, 0) is 23.8 Å². The van der Waals surface area contributed by atoms with Gasteiger partial charge in [-0.3, -0.25) is 9.59 Å². The Labute approximate surface area is 114 Å². The third-order valence-corrected chi connectivity index (χ3v) is 3.54. The molecule has 0 radical (unpaired) electrons. The maximum atomic E-state index is 11.7. The van der Waals surface area contributed by atoms with Crippen LogP contribution in [0.15, 0.2) is 18.2 Å². The summed E-state index contributed by atoms with van der Waals surface area (Å²) in [7, 11) is 0. The van der Waals surface area contributed by atoms with Crippen molar-refractivity contribution in [3.05, 3.63) is 33.8 Å². The van der Waals surface area contributed by atoms with Gasteiger partial charge in [-0.2, -0.15) is 0 Å². The number of carbonyl (C=O) groups excluding carboxylic acids is 1. The fourth-order valence-corrected chi connectivity index (χ4v) is 2.33. The standard InChI is InChI=1S/C12H11Cl2NO3/c13-9-1-2-10(14)7(3-9)5-15-6-8(12(17)18)4-11(15)16/h1-3,8H,4-6H2,(H,17,18). The van der Waals surface area contributed by atoms with Crippen molar-refractivity contribution in [2.45, 2.75) is 13.0 Å². The van der Waals surface area contributed by atoms with Gasteiger partial charge >= 0.3 is 5.97 Å². The van der Waals surface area contributed by atoms with E-state index in [1.807, 2.05) is 0 Å². The van der Waals surface area contributed by atoms with Crippen LogP contribution in [-0.4, -0.2) is 28.4 Å². The van der Waals surface area contributed by atoms with Crippen molar-refractivity contribution in [2.24, 2.45) is 5.92 Å². The molecule has 1 heterocycles. The number of halogens is 2. The van der Waals surface area contributed by atoms with Gasteiger partial charge in [-0.15, -0.1) is 0 Å². The third-order valence-electron chi connectivity index (χ3n) is 2.93. The summed E-state index contributed by atoms with van der Waals surface area (Å²) in [6, 6.07) is 5.01. The number of likely N-dealkylation sites (tertiary alicyclic amines) is 1. The van der Waals surface area contributed by atoms with Gasteiger partial charge in [0.15, 0.2) is 0 Å². The fraction of sp³-hybridized carbons (Fsp3) is 0.333. The summed E-state index contributed by atoms with van der Waals surface area (Å²) < 4.78 is 0. The van der Waals surface area contributed by atoms with Crippen LogP contribution < -0.4 is 0 Å². The van der Waals surface area contributed by atoms with Crippen LogP contribution in [0.1, 0.15) is 12.0 Å². The molecule has 0 aromatic heterocycles. The molecule has 4 nitrogen and oxygen atoms in total. The predicted octanol–water partition coefficient (Wildman–Crippen LogP) is 2.43. The number of carbonyl (C=O) groups is 2. The molecule has 0 spiro atoms. The van der Waals surface area contributed by atoms with Gasteiger partial charge in [0.2, 0.25) is 5.91 Å². The molecule has 0 aliphatic carbocycles. The summed E-state index contributed by atoms with van der Waals surface area (Å²) in [6.45, 7) is 0.513. The number of carboxylic acid groups (broad SMARTS) is 1. The van der Waals surface area contributed by atoms with E-state index >= 15 is 0 Å². The molecule has 1 aromatic rings. The monoisotopic (exact) mass is 287 g/mol. The first-order valence-electron chi connectivity index (χ1n) is 5.42. The lowest BCUT2D eigenvalue weighted by Crippen LogP contribution is -2.25. The molecule has 1 N–H and O–H groups in total. The normalized spacial score (nSPS) is 19.3. The highest BCUT2D eigenvalue weighted by Gasteiger charge is 2.34. The average Bonchev–Trinajstić information content (AvgIpc) is 2.66. The Morgan fingerprint density at radius 1 is 1.44 bits per heavy atom. The fourth-order valence-electron chi connectivity index (χ4n) is 1.96. The zero-order valence-corrected chi connectivity index (χ0v) is 10.9. The lowest BCUT2D eigenvalue weighted by atomic mass is 10.1. The first-order chi connectivity index (χ1) is 8.47. The predicted molar refractivity (Wildman–Crippen MR) is 67.6 cm³/mol. The number of benzene rings is 1. The summed E-state index contributed by atoms with van der Waals surface area (Å²) in [5.74, 6) is -1.74. The summed E-state index contributed by atoms with van der Waals surface area (Å²) >= 11 is 11.9. The van der Waals surface area contributed by atoms with Crippen molar-refractivity contribution in [3.63, 3.8) is 0 Å². The van der Waals surface area contributed by atoms with Crippen LogP contribution in [0.5, 0.6) is 0 Å². The van der Waals surface area contributed by atoms with Crippen LogP contribution in [0.3, 0.4) is 0 Å². The number of nitrogens with zero attached hydrogens (tertiary/aromatic N) is 1. The molecule has 6 heteroatoms. The van der Waals surface area contributed by atoms with Crippen molar-refractivity contribution < 1.29 is 14.7 Å². The van der Waals surface area contributed by atoms with E-state index in [1.165, 1.54) is 4.90 Å². The van der Waals surface area contributed by atoms with Crippen molar-refractivity contribution >= 4 is 35.1 Å². The molecule has 0 bridgehead atoms. The molecular formula is C12H11Cl2NO3.